The molecule has 6 heteroatoms. The third-order valence-electron chi connectivity index (χ3n) is 5.30. The molecule has 0 unspecified atom stereocenters. The van der Waals surface area contributed by atoms with E-state index in [4.69, 9.17) is 11.6 Å². The predicted octanol–water partition coefficient (Wildman–Crippen LogP) is 4.44. The van der Waals surface area contributed by atoms with E-state index in [1.165, 1.54) is 17.2 Å². The van der Waals surface area contributed by atoms with E-state index in [1.54, 1.807) is 22.5 Å². The number of sulfonamides is 1. The molecular weight excluding hydrogens is 404 g/mol. The van der Waals surface area contributed by atoms with Crippen molar-refractivity contribution < 1.29 is 8.42 Å². The highest BCUT2D eigenvalue weighted by atomic mass is 35.5. The van der Waals surface area contributed by atoms with Gasteiger partial charge in [-0.2, -0.15) is 4.31 Å². The van der Waals surface area contributed by atoms with Crippen LogP contribution in [0, 0.1) is 0 Å². The number of benzene rings is 3. The molecule has 0 bridgehead atoms. The van der Waals surface area contributed by atoms with Gasteiger partial charge in [-0.3, -0.25) is 4.90 Å². The van der Waals surface area contributed by atoms with E-state index in [-0.39, 0.29) is 10.9 Å². The van der Waals surface area contributed by atoms with Crippen LogP contribution in [0.25, 0.3) is 0 Å². The van der Waals surface area contributed by atoms with Gasteiger partial charge in [-0.25, -0.2) is 8.42 Å². The number of hydrogen-bond acceptors (Lipinski definition) is 3. The Morgan fingerprint density at radius 3 is 1.79 bits per heavy atom. The van der Waals surface area contributed by atoms with Crippen molar-refractivity contribution in [1.82, 2.24) is 9.21 Å². The molecule has 0 amide bonds. The number of piperazine rings is 1. The van der Waals surface area contributed by atoms with E-state index >= 15 is 0 Å². The Balaban J connectivity index is 1.56. The Morgan fingerprint density at radius 2 is 1.28 bits per heavy atom. The van der Waals surface area contributed by atoms with Gasteiger partial charge in [0.1, 0.15) is 0 Å². The van der Waals surface area contributed by atoms with Gasteiger partial charge in [-0.1, -0.05) is 78.3 Å². The fourth-order valence-corrected chi connectivity index (χ4v) is 5.59. The first-order valence-corrected chi connectivity index (χ1v) is 11.5. The lowest BCUT2D eigenvalue weighted by atomic mass is 9.96. The molecule has 0 atom stereocenters. The third-order valence-corrected chi connectivity index (χ3v) is 7.43. The average Bonchev–Trinajstić information content (AvgIpc) is 2.76. The van der Waals surface area contributed by atoms with Crippen molar-refractivity contribution in [3.8, 4) is 0 Å². The molecule has 0 saturated carbocycles. The monoisotopic (exact) mass is 426 g/mol. The summed E-state index contributed by atoms with van der Waals surface area (Å²) in [7, 11) is -3.54. The Labute approximate surface area is 177 Å². The van der Waals surface area contributed by atoms with Gasteiger partial charge in [0.2, 0.25) is 10.0 Å². The van der Waals surface area contributed by atoms with Gasteiger partial charge in [0, 0.05) is 31.2 Å². The van der Waals surface area contributed by atoms with Crippen LogP contribution >= 0.6 is 11.6 Å². The standard InChI is InChI=1S/C23H23ClN2O2S/c24-21-12-7-13-22(18-21)29(27,28)26-16-14-25(15-17-26)23(19-8-3-1-4-9-19)20-10-5-2-6-11-20/h1-13,18,23H,14-17H2. The number of hydrogen-bond donors (Lipinski definition) is 0. The van der Waals surface area contributed by atoms with Crippen LogP contribution < -0.4 is 0 Å². The minimum atomic E-state index is -3.54. The van der Waals surface area contributed by atoms with E-state index in [2.05, 4.69) is 29.2 Å². The van der Waals surface area contributed by atoms with Crippen LogP contribution in [-0.4, -0.2) is 43.8 Å². The Morgan fingerprint density at radius 1 is 0.724 bits per heavy atom. The quantitative estimate of drug-likeness (QED) is 0.605. The summed E-state index contributed by atoms with van der Waals surface area (Å²) in [4.78, 5) is 2.61. The second-order valence-electron chi connectivity index (χ2n) is 7.12. The minimum Gasteiger partial charge on any atom is -0.290 e. The zero-order chi connectivity index (χ0) is 20.3. The van der Waals surface area contributed by atoms with Gasteiger partial charge in [0.15, 0.2) is 0 Å². The topological polar surface area (TPSA) is 40.6 Å². The van der Waals surface area contributed by atoms with Crippen molar-refractivity contribution in [3.63, 3.8) is 0 Å². The Bertz CT molecular complexity index is 1010. The molecule has 0 N–H and O–H groups in total. The summed E-state index contributed by atoms with van der Waals surface area (Å²) in [5.41, 5.74) is 2.43. The summed E-state index contributed by atoms with van der Waals surface area (Å²) in [5.74, 6) is 0. The molecule has 1 fully saturated rings. The second kappa shape index (κ2) is 8.67. The average molecular weight is 427 g/mol. The predicted molar refractivity (Wildman–Crippen MR) is 117 cm³/mol. The lowest BCUT2D eigenvalue weighted by Gasteiger charge is -2.39. The summed E-state index contributed by atoms with van der Waals surface area (Å²) >= 11 is 6.00. The first kappa shape index (κ1) is 20.1. The fraction of sp³-hybridized carbons (Fsp3) is 0.217. The highest BCUT2D eigenvalue weighted by molar-refractivity contribution is 7.89. The third kappa shape index (κ3) is 4.38. The van der Waals surface area contributed by atoms with Crippen molar-refractivity contribution in [2.24, 2.45) is 0 Å². The highest BCUT2D eigenvalue weighted by Crippen LogP contribution is 2.30. The summed E-state index contributed by atoms with van der Waals surface area (Å²) in [6.45, 7) is 2.22. The van der Waals surface area contributed by atoms with Crippen molar-refractivity contribution in [2.45, 2.75) is 10.9 Å². The van der Waals surface area contributed by atoms with Crippen molar-refractivity contribution in [2.75, 3.05) is 26.2 Å². The second-order valence-corrected chi connectivity index (χ2v) is 9.50. The molecule has 0 radical (unpaired) electrons. The number of nitrogens with zero attached hydrogens (tertiary/aromatic N) is 2. The largest absolute Gasteiger partial charge is 0.290 e. The summed E-state index contributed by atoms with van der Waals surface area (Å²) in [6, 6.07) is 27.3. The maximum atomic E-state index is 13.0. The van der Waals surface area contributed by atoms with Crippen LogP contribution in [0.4, 0.5) is 0 Å². The molecule has 4 rings (SSSR count). The molecule has 29 heavy (non-hydrogen) atoms. The Kier molecular flexibility index (Phi) is 6.01. The normalized spacial score (nSPS) is 16.2. The summed E-state index contributed by atoms with van der Waals surface area (Å²) in [6.07, 6.45) is 0. The molecule has 0 spiro atoms. The molecule has 0 aromatic heterocycles. The molecule has 1 heterocycles. The molecule has 3 aromatic carbocycles. The van der Waals surface area contributed by atoms with Gasteiger partial charge in [-0.05, 0) is 29.3 Å². The van der Waals surface area contributed by atoms with Crippen molar-refractivity contribution in [1.29, 1.82) is 0 Å². The SMILES string of the molecule is O=S(=O)(c1cccc(Cl)c1)N1CCN(C(c2ccccc2)c2ccccc2)CC1. The van der Waals surface area contributed by atoms with E-state index < -0.39 is 10.0 Å². The smallest absolute Gasteiger partial charge is 0.243 e. The van der Waals surface area contributed by atoms with Gasteiger partial charge >= 0.3 is 0 Å². The molecule has 3 aromatic rings. The van der Waals surface area contributed by atoms with Crippen molar-refractivity contribution in [3.05, 3.63) is 101 Å². The molecule has 0 aliphatic carbocycles. The Hall–Kier alpha value is -2.18. The first-order chi connectivity index (χ1) is 14.1. The zero-order valence-electron chi connectivity index (χ0n) is 16.0. The molecule has 150 valence electrons. The molecule has 1 aliphatic rings. The fourth-order valence-electron chi connectivity index (χ4n) is 3.86. The van der Waals surface area contributed by atoms with Crippen LogP contribution in [0.15, 0.2) is 89.8 Å². The lowest BCUT2D eigenvalue weighted by molar-refractivity contribution is 0.156. The lowest BCUT2D eigenvalue weighted by Crippen LogP contribution is -2.49. The molecule has 1 aliphatic heterocycles. The first-order valence-electron chi connectivity index (χ1n) is 9.65. The van der Waals surface area contributed by atoms with E-state index in [9.17, 15) is 8.42 Å². The molecule has 1 saturated heterocycles. The van der Waals surface area contributed by atoms with Crippen LogP contribution in [0.2, 0.25) is 5.02 Å². The number of halogens is 1. The van der Waals surface area contributed by atoms with Gasteiger partial charge in [-0.15, -0.1) is 0 Å². The van der Waals surface area contributed by atoms with Crippen LogP contribution in [0.5, 0.6) is 0 Å². The van der Waals surface area contributed by atoms with E-state index in [0.29, 0.717) is 31.2 Å². The van der Waals surface area contributed by atoms with Crippen molar-refractivity contribution >= 4 is 21.6 Å². The van der Waals surface area contributed by atoms with E-state index in [0.717, 1.165) is 0 Å². The summed E-state index contributed by atoms with van der Waals surface area (Å²) in [5, 5.41) is 0.429. The molecular formula is C23H23ClN2O2S. The number of rotatable bonds is 5. The highest BCUT2D eigenvalue weighted by Gasteiger charge is 2.32. The zero-order valence-corrected chi connectivity index (χ0v) is 17.6. The maximum absolute atomic E-state index is 13.0. The van der Waals surface area contributed by atoms with Gasteiger partial charge in [0.25, 0.3) is 0 Å². The summed E-state index contributed by atoms with van der Waals surface area (Å²) < 4.78 is 27.6. The van der Waals surface area contributed by atoms with Gasteiger partial charge < -0.3 is 0 Å². The van der Waals surface area contributed by atoms with E-state index in [1.807, 2.05) is 36.4 Å². The maximum Gasteiger partial charge on any atom is 0.243 e. The minimum absolute atomic E-state index is 0.105. The van der Waals surface area contributed by atoms with Crippen LogP contribution in [-0.2, 0) is 10.0 Å². The van der Waals surface area contributed by atoms with Crippen LogP contribution in [0.1, 0.15) is 17.2 Å². The van der Waals surface area contributed by atoms with Gasteiger partial charge in [0.05, 0.1) is 10.9 Å². The van der Waals surface area contributed by atoms with Crippen LogP contribution in [0.3, 0.4) is 0 Å². The molecule has 4 nitrogen and oxygen atoms in total.